The van der Waals surface area contributed by atoms with Crippen molar-refractivity contribution in [3.05, 3.63) is 101 Å². The smallest absolute Gasteiger partial charge is 0.244 e. The molecule has 1 aliphatic rings. The second-order valence-corrected chi connectivity index (χ2v) is 8.90. The fourth-order valence-corrected chi connectivity index (χ4v) is 4.86. The summed E-state index contributed by atoms with van der Waals surface area (Å²) in [4.78, 5) is 26.9. The van der Waals surface area contributed by atoms with Crippen molar-refractivity contribution in [2.75, 3.05) is 0 Å². The molecule has 33 heavy (non-hydrogen) atoms. The third-order valence-corrected chi connectivity index (χ3v) is 6.63. The second kappa shape index (κ2) is 9.14. The number of rotatable bonds is 8. The number of hydrogen-bond acceptors (Lipinski definition) is 2. The predicted molar refractivity (Wildman–Crippen MR) is 130 cm³/mol. The molecule has 0 atom stereocenters. The summed E-state index contributed by atoms with van der Waals surface area (Å²) in [7, 11) is 0. The Morgan fingerprint density at radius 2 is 1.52 bits per heavy atom. The van der Waals surface area contributed by atoms with Crippen LogP contribution in [0.15, 0.2) is 73.1 Å². The summed E-state index contributed by atoms with van der Waals surface area (Å²) in [6.45, 7) is 3.60. The molecule has 0 amide bonds. The molecule has 0 bridgehead atoms. The minimum Gasteiger partial charge on any atom is -0.284 e. The summed E-state index contributed by atoms with van der Waals surface area (Å²) < 4.78 is 4.02. The number of fused-ring (bicyclic) bond motifs is 3. The van der Waals surface area contributed by atoms with Crippen LogP contribution in [0.2, 0.25) is 0 Å². The van der Waals surface area contributed by atoms with Gasteiger partial charge >= 0.3 is 0 Å². The predicted octanol–water partition coefficient (Wildman–Crippen LogP) is 5.53. The topological polar surface area (TPSA) is 43.0 Å². The van der Waals surface area contributed by atoms with Crippen LogP contribution in [-0.2, 0) is 19.5 Å². The van der Waals surface area contributed by atoms with Gasteiger partial charge in [0.05, 0.1) is 13.1 Å². The number of unbranched alkanes of at least 4 members (excludes halogenated alkanes) is 3. The quantitative estimate of drug-likeness (QED) is 0.237. The summed E-state index contributed by atoms with van der Waals surface area (Å²) in [6, 6.07) is 22.1. The molecule has 4 nitrogen and oxygen atoms in total. The Morgan fingerprint density at radius 1 is 0.788 bits per heavy atom. The SMILES string of the molecule is CCCCCC[n+]1cn(CCc2ccc3ccccc3c2)c2c1C(=O)c1ccccc1C2=O. The van der Waals surface area contributed by atoms with Gasteiger partial charge < -0.3 is 0 Å². The number of aryl methyl sites for hydroxylation is 3. The summed E-state index contributed by atoms with van der Waals surface area (Å²) in [5, 5.41) is 2.44. The van der Waals surface area contributed by atoms with Crippen molar-refractivity contribution in [3.63, 3.8) is 0 Å². The van der Waals surface area contributed by atoms with E-state index in [1.54, 1.807) is 12.1 Å². The van der Waals surface area contributed by atoms with Gasteiger partial charge in [0.1, 0.15) is 0 Å². The average molecular weight is 438 g/mol. The summed E-state index contributed by atoms with van der Waals surface area (Å²) in [5.74, 6) is -0.0915. The number of benzene rings is 3. The highest BCUT2D eigenvalue weighted by atomic mass is 16.1. The van der Waals surface area contributed by atoms with Gasteiger partial charge in [-0.1, -0.05) is 86.5 Å². The molecule has 0 aliphatic heterocycles. The van der Waals surface area contributed by atoms with E-state index in [4.69, 9.17) is 0 Å². The van der Waals surface area contributed by atoms with Crippen molar-refractivity contribution >= 4 is 22.3 Å². The Morgan fingerprint density at radius 3 is 2.30 bits per heavy atom. The fourth-order valence-electron chi connectivity index (χ4n) is 4.86. The lowest BCUT2D eigenvalue weighted by Gasteiger charge is -2.13. The molecule has 0 N–H and O–H groups in total. The zero-order chi connectivity index (χ0) is 22.8. The van der Waals surface area contributed by atoms with Crippen molar-refractivity contribution in [1.29, 1.82) is 0 Å². The van der Waals surface area contributed by atoms with Crippen LogP contribution in [-0.4, -0.2) is 16.1 Å². The molecule has 0 saturated heterocycles. The van der Waals surface area contributed by atoms with Crippen LogP contribution in [0.1, 0.15) is 70.3 Å². The minimum absolute atomic E-state index is 0.0415. The van der Waals surface area contributed by atoms with E-state index in [0.29, 0.717) is 29.1 Å². The lowest BCUT2D eigenvalue weighted by Crippen LogP contribution is -2.40. The summed E-state index contributed by atoms with van der Waals surface area (Å²) in [6.07, 6.45) is 7.26. The largest absolute Gasteiger partial charge is 0.284 e. The lowest BCUT2D eigenvalue weighted by atomic mass is 9.90. The third kappa shape index (κ3) is 4.02. The van der Waals surface area contributed by atoms with Gasteiger partial charge in [-0.3, -0.25) is 9.59 Å². The van der Waals surface area contributed by atoms with E-state index in [1.165, 1.54) is 29.2 Å². The van der Waals surface area contributed by atoms with Crippen LogP contribution >= 0.6 is 0 Å². The molecule has 0 radical (unpaired) electrons. The Kier molecular flexibility index (Phi) is 5.91. The molecule has 0 saturated carbocycles. The molecule has 1 aliphatic carbocycles. The number of carbonyl (C=O) groups is 2. The number of ketones is 2. The molecular formula is C29H29N2O2+. The van der Waals surface area contributed by atoms with Gasteiger partial charge in [-0.15, -0.1) is 0 Å². The number of aromatic nitrogens is 2. The monoisotopic (exact) mass is 437 g/mol. The van der Waals surface area contributed by atoms with E-state index in [-0.39, 0.29) is 11.6 Å². The molecule has 3 aromatic carbocycles. The van der Waals surface area contributed by atoms with E-state index in [9.17, 15) is 9.59 Å². The van der Waals surface area contributed by atoms with E-state index in [0.717, 1.165) is 25.8 Å². The van der Waals surface area contributed by atoms with Crippen LogP contribution in [0, 0.1) is 0 Å². The Labute approximate surface area is 194 Å². The van der Waals surface area contributed by atoms with Crippen LogP contribution in [0.25, 0.3) is 10.8 Å². The molecule has 0 unspecified atom stereocenters. The zero-order valence-electron chi connectivity index (χ0n) is 19.1. The van der Waals surface area contributed by atoms with Crippen molar-refractivity contribution in [2.24, 2.45) is 0 Å². The highest BCUT2D eigenvalue weighted by Crippen LogP contribution is 2.26. The van der Waals surface area contributed by atoms with Crippen LogP contribution < -0.4 is 4.57 Å². The Balaban J connectivity index is 1.48. The van der Waals surface area contributed by atoms with Crippen LogP contribution in [0.4, 0.5) is 0 Å². The first-order valence-corrected chi connectivity index (χ1v) is 12.0. The Bertz CT molecular complexity index is 1350. The Hall–Kier alpha value is -3.53. The average Bonchev–Trinajstić information content (AvgIpc) is 3.22. The normalized spacial score (nSPS) is 12.8. The van der Waals surface area contributed by atoms with Crippen molar-refractivity contribution in [1.82, 2.24) is 4.57 Å². The lowest BCUT2D eigenvalue weighted by molar-refractivity contribution is -0.698. The van der Waals surface area contributed by atoms with Gasteiger partial charge in [0.2, 0.25) is 29.3 Å². The number of imidazole rings is 1. The fraction of sp³-hybridized carbons (Fsp3) is 0.276. The van der Waals surface area contributed by atoms with Gasteiger partial charge in [0.25, 0.3) is 0 Å². The van der Waals surface area contributed by atoms with E-state index in [1.807, 2.05) is 33.7 Å². The highest BCUT2D eigenvalue weighted by Gasteiger charge is 2.40. The van der Waals surface area contributed by atoms with Gasteiger partial charge in [-0.05, 0) is 29.2 Å². The molecule has 166 valence electrons. The third-order valence-electron chi connectivity index (χ3n) is 6.63. The van der Waals surface area contributed by atoms with E-state index >= 15 is 0 Å². The first-order chi connectivity index (χ1) is 16.2. The molecule has 5 rings (SSSR count). The van der Waals surface area contributed by atoms with Gasteiger partial charge in [-0.2, -0.15) is 0 Å². The maximum Gasteiger partial charge on any atom is 0.244 e. The molecule has 1 aromatic heterocycles. The standard InChI is InChI=1S/C29H29N2O2/c1-2-3-4-9-17-30-20-31(18-16-21-14-15-22-10-5-6-11-23(22)19-21)27-26(30)28(32)24-12-7-8-13-25(24)29(27)33/h5-8,10-15,19-20H,2-4,9,16-18H2,1H3/q+1. The first kappa shape index (κ1) is 21.3. The molecule has 1 heterocycles. The van der Waals surface area contributed by atoms with E-state index in [2.05, 4.69) is 43.3 Å². The van der Waals surface area contributed by atoms with Crippen molar-refractivity contribution in [2.45, 2.75) is 52.1 Å². The molecule has 4 heteroatoms. The molecule has 0 spiro atoms. The van der Waals surface area contributed by atoms with E-state index < -0.39 is 0 Å². The number of nitrogens with zero attached hydrogens (tertiary/aromatic N) is 2. The first-order valence-electron chi connectivity index (χ1n) is 12.0. The van der Waals surface area contributed by atoms with Gasteiger partial charge in [-0.25, -0.2) is 9.13 Å². The number of carbonyl (C=O) groups excluding carboxylic acids is 2. The summed E-state index contributed by atoms with van der Waals surface area (Å²) in [5.41, 5.74) is 3.34. The minimum atomic E-state index is -0.0500. The highest BCUT2D eigenvalue weighted by molar-refractivity contribution is 6.26. The van der Waals surface area contributed by atoms with Gasteiger partial charge in [0, 0.05) is 17.5 Å². The van der Waals surface area contributed by atoms with Crippen LogP contribution in [0.3, 0.4) is 0 Å². The molecular weight excluding hydrogens is 408 g/mol. The maximum atomic E-state index is 13.5. The molecule has 0 fully saturated rings. The number of hydrogen-bond donors (Lipinski definition) is 0. The van der Waals surface area contributed by atoms with Crippen molar-refractivity contribution < 1.29 is 14.2 Å². The van der Waals surface area contributed by atoms with Gasteiger partial charge in [0.15, 0.2) is 0 Å². The maximum absolute atomic E-state index is 13.5. The molecule has 4 aromatic rings. The second-order valence-electron chi connectivity index (χ2n) is 8.90. The van der Waals surface area contributed by atoms with Crippen molar-refractivity contribution in [3.8, 4) is 0 Å². The van der Waals surface area contributed by atoms with Crippen LogP contribution in [0.5, 0.6) is 0 Å². The zero-order valence-corrected chi connectivity index (χ0v) is 19.1. The summed E-state index contributed by atoms with van der Waals surface area (Å²) >= 11 is 0.